The minimum atomic E-state index is -5.72. The van der Waals surface area contributed by atoms with Crippen LogP contribution in [0.25, 0.3) is 11.1 Å². The highest BCUT2D eigenvalue weighted by Gasteiger charge is 2.50. The van der Waals surface area contributed by atoms with E-state index in [1.54, 1.807) is 34.6 Å². The van der Waals surface area contributed by atoms with Gasteiger partial charge in [-0.25, -0.2) is 14.4 Å². The van der Waals surface area contributed by atoms with E-state index in [0.29, 0.717) is 24.6 Å². The summed E-state index contributed by atoms with van der Waals surface area (Å²) < 4.78 is 73.7. The molecule has 0 bridgehead atoms. The van der Waals surface area contributed by atoms with Crippen LogP contribution in [-0.4, -0.2) is 77.1 Å². The van der Waals surface area contributed by atoms with Gasteiger partial charge in [-0.1, -0.05) is 36.4 Å². The fourth-order valence-corrected chi connectivity index (χ4v) is 7.10. The number of aromatic nitrogens is 1. The first kappa shape index (κ1) is 42.3. The van der Waals surface area contributed by atoms with Gasteiger partial charge >= 0.3 is 33.5 Å². The lowest BCUT2D eigenvalue weighted by atomic mass is 9.79. The van der Waals surface area contributed by atoms with E-state index in [4.69, 9.17) is 9.15 Å². The molecule has 1 aromatic heterocycles. The van der Waals surface area contributed by atoms with Gasteiger partial charge in [0.05, 0.1) is 5.52 Å². The van der Waals surface area contributed by atoms with Crippen LogP contribution in [0.4, 0.5) is 22.8 Å². The molecule has 3 heterocycles. The molecule has 5 rings (SSSR count). The van der Waals surface area contributed by atoms with Gasteiger partial charge in [-0.3, -0.25) is 9.88 Å². The van der Waals surface area contributed by atoms with Crippen LogP contribution >= 0.6 is 0 Å². The highest BCUT2D eigenvalue weighted by molar-refractivity contribution is 7.87. The molecule has 2 aliphatic rings. The minimum absolute atomic E-state index is 0.0234. The van der Waals surface area contributed by atoms with E-state index in [-0.39, 0.29) is 30.3 Å². The molecule has 2 aliphatic heterocycles. The molecule has 1 fully saturated rings. The molecular weight excluding hydrogens is 729 g/mol. The van der Waals surface area contributed by atoms with E-state index in [1.807, 2.05) is 23.1 Å². The van der Waals surface area contributed by atoms with Crippen LogP contribution in [0.5, 0.6) is 0 Å². The van der Waals surface area contributed by atoms with E-state index < -0.39 is 38.6 Å². The molecule has 54 heavy (non-hydrogen) atoms. The Morgan fingerprint density at radius 1 is 1.00 bits per heavy atom. The van der Waals surface area contributed by atoms with E-state index in [1.165, 1.54) is 10.5 Å². The van der Waals surface area contributed by atoms with Crippen molar-refractivity contribution >= 4 is 33.3 Å². The van der Waals surface area contributed by atoms with Crippen molar-refractivity contribution in [3.05, 3.63) is 82.0 Å². The predicted molar refractivity (Wildman–Crippen MR) is 198 cm³/mol. The van der Waals surface area contributed by atoms with Gasteiger partial charge in [-0.15, -0.1) is 0 Å². The standard InChI is InChI=1S/C25H31N3O3.C13H20F3NO5S/c1-25(2)17-20(19-11-12-21-22(16-19)31-24(30)27-21)13-15-28(25)23(29)26-14-7-6-10-18-8-4-3-5-9-18;1-11(2,3)21-10(18)17-7-6-9(8-12(17,4)5)22-23(19,20)13(14,15)16/h3-5,8-9,11-12,16,20H,6-7,10,13-15,17H2,1-2H3,(H,26,29)(H,27,30);6H,7-8H2,1-5H3. The quantitative estimate of drug-likeness (QED) is 0.133. The third-order valence-electron chi connectivity index (χ3n) is 9.30. The number of piperidine rings is 1. The van der Waals surface area contributed by atoms with Crippen molar-refractivity contribution < 1.29 is 44.5 Å². The third-order valence-corrected chi connectivity index (χ3v) is 10.3. The Kier molecular flexibility index (Phi) is 12.9. The maximum atomic E-state index is 12.8. The molecule has 0 radical (unpaired) electrons. The van der Waals surface area contributed by atoms with Gasteiger partial charge in [-0.05, 0) is 116 Å². The van der Waals surface area contributed by atoms with Crippen LogP contribution in [-0.2, 0) is 25.5 Å². The summed E-state index contributed by atoms with van der Waals surface area (Å²) in [6.07, 6.45) is 5.13. The number of fused-ring (bicyclic) bond motifs is 1. The van der Waals surface area contributed by atoms with E-state index in [2.05, 4.69) is 58.7 Å². The second-order valence-corrected chi connectivity index (χ2v) is 17.4. The molecule has 16 heteroatoms. The first-order valence-electron chi connectivity index (χ1n) is 17.9. The highest BCUT2D eigenvalue weighted by Crippen LogP contribution is 2.38. The van der Waals surface area contributed by atoms with Crippen molar-refractivity contribution in [2.75, 3.05) is 19.6 Å². The average Bonchev–Trinajstić information content (AvgIpc) is 3.42. The number of nitrogens with one attached hydrogen (secondary N) is 2. The Morgan fingerprint density at radius 3 is 2.30 bits per heavy atom. The summed E-state index contributed by atoms with van der Waals surface area (Å²) in [7, 11) is -5.72. The zero-order valence-corrected chi connectivity index (χ0v) is 32.7. The van der Waals surface area contributed by atoms with Crippen LogP contribution in [0, 0.1) is 0 Å². The number of aromatic amines is 1. The van der Waals surface area contributed by atoms with E-state index in [9.17, 15) is 36.0 Å². The number of likely N-dealkylation sites (tertiary alicyclic amines) is 1. The minimum Gasteiger partial charge on any atom is -0.444 e. The number of hydrogen-bond donors (Lipinski definition) is 2. The second-order valence-electron chi connectivity index (χ2n) is 15.8. The largest absolute Gasteiger partial charge is 0.534 e. The number of alkyl halides is 3. The summed E-state index contributed by atoms with van der Waals surface area (Å²) in [6, 6.07) is 16.4. The van der Waals surface area contributed by atoms with E-state index >= 15 is 0 Å². The number of carbonyl (C=O) groups is 2. The lowest BCUT2D eigenvalue weighted by molar-refractivity contribution is -0.0532. The SMILES string of the molecule is CC(C)(C)OC(=O)N1CC=C(OS(=O)(=O)C(F)(F)F)CC1(C)C.CC1(C)CC(c2ccc3[nH]c(=O)oc3c2)CCN1C(=O)NCCCCc1ccccc1. The first-order valence-corrected chi connectivity index (χ1v) is 19.3. The number of oxazole rings is 1. The number of unbranched alkanes of at least 4 members (excludes halogenated alkanes) is 1. The first-order chi connectivity index (χ1) is 25.0. The summed E-state index contributed by atoms with van der Waals surface area (Å²) in [4.78, 5) is 42.3. The van der Waals surface area contributed by atoms with Crippen molar-refractivity contribution in [1.29, 1.82) is 0 Å². The number of hydrogen-bond acceptors (Lipinski definition) is 8. The van der Waals surface area contributed by atoms with Crippen LogP contribution < -0.4 is 11.1 Å². The maximum absolute atomic E-state index is 12.8. The number of H-pyrrole nitrogens is 1. The van der Waals surface area contributed by atoms with Crippen molar-refractivity contribution in [3.8, 4) is 0 Å². The molecule has 298 valence electrons. The second kappa shape index (κ2) is 16.5. The summed E-state index contributed by atoms with van der Waals surface area (Å²) in [5, 5.41) is 3.11. The molecule has 0 spiro atoms. The third kappa shape index (κ3) is 11.3. The van der Waals surface area contributed by atoms with Gasteiger partial charge in [0.25, 0.3) is 0 Å². The predicted octanol–water partition coefficient (Wildman–Crippen LogP) is 7.97. The number of halogens is 3. The molecular formula is C38H51F3N4O8S. The molecule has 2 aromatic carbocycles. The molecule has 1 saturated heterocycles. The Morgan fingerprint density at radius 2 is 1.69 bits per heavy atom. The molecule has 1 atom stereocenters. The van der Waals surface area contributed by atoms with Gasteiger partial charge in [-0.2, -0.15) is 21.6 Å². The fraction of sp³-hybridized carbons (Fsp3) is 0.553. The molecule has 1 unspecified atom stereocenters. The van der Waals surface area contributed by atoms with Gasteiger partial charge < -0.3 is 23.6 Å². The smallest absolute Gasteiger partial charge is 0.444 e. The van der Waals surface area contributed by atoms with Crippen LogP contribution in [0.1, 0.15) is 97.6 Å². The van der Waals surface area contributed by atoms with Crippen molar-refractivity contribution in [1.82, 2.24) is 20.1 Å². The van der Waals surface area contributed by atoms with Gasteiger partial charge in [0.1, 0.15) is 11.4 Å². The summed E-state index contributed by atoms with van der Waals surface area (Å²) in [5.74, 6) is -0.454. The van der Waals surface area contributed by atoms with Crippen LogP contribution in [0.3, 0.4) is 0 Å². The summed E-state index contributed by atoms with van der Waals surface area (Å²) >= 11 is 0. The number of nitrogens with zero attached hydrogens (tertiary/aromatic N) is 2. The zero-order chi connectivity index (χ0) is 40.1. The van der Waals surface area contributed by atoms with Gasteiger partial charge in [0.15, 0.2) is 5.58 Å². The fourth-order valence-electron chi connectivity index (χ4n) is 6.59. The molecule has 3 amide bonds. The number of aryl methyl sites for hydroxylation is 1. The number of rotatable bonds is 8. The van der Waals surface area contributed by atoms with Crippen molar-refractivity contribution in [3.63, 3.8) is 0 Å². The lowest BCUT2D eigenvalue weighted by Gasteiger charge is -2.45. The molecule has 12 nitrogen and oxygen atoms in total. The number of amides is 3. The summed E-state index contributed by atoms with van der Waals surface area (Å²) in [6.45, 7) is 13.7. The topological polar surface area (TPSA) is 151 Å². The monoisotopic (exact) mass is 780 g/mol. The highest BCUT2D eigenvalue weighted by atomic mass is 32.2. The molecule has 3 aromatic rings. The summed E-state index contributed by atoms with van der Waals surface area (Å²) in [5.41, 5.74) is -3.63. The van der Waals surface area contributed by atoms with Gasteiger partial charge in [0.2, 0.25) is 0 Å². The molecule has 2 N–H and O–H groups in total. The Hall–Kier alpha value is -4.47. The van der Waals surface area contributed by atoms with Crippen LogP contribution in [0.15, 0.2) is 69.6 Å². The molecule has 0 aliphatic carbocycles. The average molecular weight is 781 g/mol. The maximum Gasteiger partial charge on any atom is 0.534 e. The number of urea groups is 1. The molecule has 0 saturated carbocycles. The Bertz CT molecular complexity index is 1970. The van der Waals surface area contributed by atoms with Crippen molar-refractivity contribution in [2.45, 2.75) is 115 Å². The van der Waals surface area contributed by atoms with Gasteiger partial charge in [0, 0.05) is 37.1 Å². The van der Waals surface area contributed by atoms with Crippen molar-refractivity contribution in [2.24, 2.45) is 0 Å². The van der Waals surface area contributed by atoms with Crippen LogP contribution in [0.2, 0.25) is 0 Å². The normalized spacial score (nSPS) is 18.6. The number of carbonyl (C=O) groups excluding carboxylic acids is 2. The Labute approximate surface area is 314 Å². The Balaban J connectivity index is 0.000000253. The number of benzene rings is 2. The lowest BCUT2D eigenvalue weighted by Crippen LogP contribution is -2.55. The number of ether oxygens (including phenoxy) is 1. The van der Waals surface area contributed by atoms with E-state index in [0.717, 1.165) is 49.3 Å². The zero-order valence-electron chi connectivity index (χ0n) is 31.8.